The van der Waals surface area contributed by atoms with Crippen molar-refractivity contribution in [3.63, 3.8) is 0 Å². The molecule has 2 aliphatic heterocycles. The van der Waals surface area contributed by atoms with Gasteiger partial charge in [0.15, 0.2) is 34.4 Å². The van der Waals surface area contributed by atoms with Gasteiger partial charge in [0, 0.05) is 0 Å². The lowest BCUT2D eigenvalue weighted by atomic mass is 9.90. The summed E-state index contributed by atoms with van der Waals surface area (Å²) < 4.78 is 103. The fraction of sp³-hybridized carbons (Fsp3) is 0.722. The van der Waals surface area contributed by atoms with Gasteiger partial charge in [-0.15, -0.1) is 0 Å². The second-order valence-corrected chi connectivity index (χ2v) is 8.63. The topological polar surface area (TPSA) is 107 Å². The lowest BCUT2D eigenvalue weighted by Gasteiger charge is -2.33. The lowest BCUT2D eigenvalue weighted by Crippen LogP contribution is -2.51. The van der Waals surface area contributed by atoms with E-state index in [1.807, 2.05) is 0 Å². The first-order valence-electron chi connectivity index (χ1n) is 9.81. The van der Waals surface area contributed by atoms with Gasteiger partial charge in [-0.2, -0.15) is 36.3 Å². The van der Waals surface area contributed by atoms with Crippen LogP contribution in [0.5, 0.6) is 6.01 Å². The summed E-state index contributed by atoms with van der Waals surface area (Å²) in [5.41, 5.74) is 1.72. The van der Waals surface area contributed by atoms with Gasteiger partial charge < -0.3 is 24.7 Å². The van der Waals surface area contributed by atoms with Gasteiger partial charge in [-0.1, -0.05) is 0 Å². The van der Waals surface area contributed by atoms with Crippen molar-refractivity contribution in [2.75, 3.05) is 12.3 Å². The molecule has 0 aliphatic carbocycles. The summed E-state index contributed by atoms with van der Waals surface area (Å²) in [5.74, 6) is -1.18. The molecule has 2 aromatic rings. The number of hydrogen-bond donors (Lipinski definition) is 1. The van der Waals surface area contributed by atoms with Crippen molar-refractivity contribution in [3.05, 3.63) is 6.33 Å². The minimum Gasteiger partial charge on any atom is -0.462 e. The highest BCUT2D eigenvalue weighted by Gasteiger charge is 2.68. The van der Waals surface area contributed by atoms with Gasteiger partial charge >= 0.3 is 18.4 Å². The van der Waals surface area contributed by atoms with Gasteiger partial charge in [0.05, 0.1) is 12.4 Å². The van der Waals surface area contributed by atoms with Crippen LogP contribution in [-0.4, -0.2) is 62.6 Å². The van der Waals surface area contributed by atoms with Gasteiger partial charge in [0.2, 0.25) is 0 Å². The van der Waals surface area contributed by atoms with E-state index in [-0.39, 0.29) is 30.0 Å². The SMILES string of the molecule is C[C@H]1O[C@@H](n2cnc3c(N)nc(OCC(C)(C(F)(F)F)C(F)(F)F)nc32)[C@@H]2OC(C)(C)O[C@@H]21. The molecule has 4 atom stereocenters. The number of fused-ring (bicyclic) bond motifs is 2. The Morgan fingerprint density at radius 3 is 2.30 bits per heavy atom. The molecule has 15 heteroatoms. The highest BCUT2D eigenvalue weighted by atomic mass is 19.4. The van der Waals surface area contributed by atoms with E-state index in [1.165, 1.54) is 10.9 Å². The molecular formula is C18H21F6N5O4. The Bertz CT molecular complexity index is 1040. The van der Waals surface area contributed by atoms with Crippen LogP contribution in [0, 0.1) is 5.41 Å². The third kappa shape index (κ3) is 3.85. The number of rotatable bonds is 4. The fourth-order valence-electron chi connectivity index (χ4n) is 3.70. The van der Waals surface area contributed by atoms with Crippen molar-refractivity contribution >= 4 is 17.0 Å². The van der Waals surface area contributed by atoms with Crippen molar-refractivity contribution < 1.29 is 45.3 Å². The first kappa shape index (κ1) is 23.8. The van der Waals surface area contributed by atoms with Crippen LogP contribution in [0.2, 0.25) is 0 Å². The molecule has 184 valence electrons. The molecule has 2 aromatic heterocycles. The Kier molecular flexibility index (Phi) is 5.26. The zero-order chi connectivity index (χ0) is 24.6. The smallest absolute Gasteiger partial charge is 0.406 e. The van der Waals surface area contributed by atoms with Crippen LogP contribution in [0.25, 0.3) is 11.2 Å². The maximum atomic E-state index is 13.2. The Hall–Kier alpha value is -2.39. The second-order valence-electron chi connectivity index (χ2n) is 8.63. The van der Waals surface area contributed by atoms with Crippen LogP contribution in [0.3, 0.4) is 0 Å². The van der Waals surface area contributed by atoms with Gasteiger partial charge in [0.25, 0.3) is 0 Å². The lowest BCUT2D eigenvalue weighted by molar-refractivity contribution is -0.340. The van der Waals surface area contributed by atoms with Crippen LogP contribution in [0.4, 0.5) is 32.2 Å². The fourth-order valence-corrected chi connectivity index (χ4v) is 3.70. The first-order chi connectivity index (χ1) is 15.0. The van der Waals surface area contributed by atoms with E-state index in [0.717, 1.165) is 0 Å². The van der Waals surface area contributed by atoms with E-state index in [0.29, 0.717) is 0 Å². The van der Waals surface area contributed by atoms with E-state index in [1.54, 1.807) is 20.8 Å². The zero-order valence-electron chi connectivity index (χ0n) is 17.9. The van der Waals surface area contributed by atoms with Crippen LogP contribution in [0.1, 0.15) is 33.9 Å². The minimum atomic E-state index is -5.63. The molecule has 33 heavy (non-hydrogen) atoms. The van der Waals surface area contributed by atoms with Crippen LogP contribution in [-0.2, 0) is 14.2 Å². The molecule has 0 amide bonds. The van der Waals surface area contributed by atoms with E-state index in [9.17, 15) is 26.3 Å². The summed E-state index contributed by atoms with van der Waals surface area (Å²) >= 11 is 0. The molecule has 0 spiro atoms. The number of aromatic nitrogens is 4. The molecule has 0 aromatic carbocycles. The van der Waals surface area contributed by atoms with Crippen molar-refractivity contribution in [1.82, 2.24) is 19.5 Å². The van der Waals surface area contributed by atoms with Crippen LogP contribution >= 0.6 is 0 Å². The number of imidazole rings is 1. The summed E-state index contributed by atoms with van der Waals surface area (Å²) in [5, 5.41) is 0. The summed E-state index contributed by atoms with van der Waals surface area (Å²) in [7, 11) is 0. The van der Waals surface area contributed by atoms with Crippen molar-refractivity contribution in [1.29, 1.82) is 0 Å². The van der Waals surface area contributed by atoms with Gasteiger partial charge in [0.1, 0.15) is 18.8 Å². The molecule has 0 saturated carbocycles. The van der Waals surface area contributed by atoms with Gasteiger partial charge in [-0.05, 0) is 27.7 Å². The standard InChI is InChI=1S/C18H21F6N5O4/c1-7-9-10(33-15(2,3)32-9)13(31-7)29-6-26-8-11(25)27-14(28-12(8)29)30-5-16(4,17(19,20)21)18(22,23)24/h6-7,9-10,13H,5H2,1-4H3,(H2,25,27,28)/t7-,9-,10-,13-/m1/s1. The van der Waals surface area contributed by atoms with Crippen LogP contribution < -0.4 is 10.5 Å². The molecule has 2 aliphatic rings. The monoisotopic (exact) mass is 485 g/mol. The third-order valence-electron chi connectivity index (χ3n) is 5.70. The Labute approximate surface area is 183 Å². The number of anilines is 1. The first-order valence-corrected chi connectivity index (χ1v) is 9.81. The average Bonchev–Trinajstić information content (AvgIpc) is 3.30. The van der Waals surface area contributed by atoms with Gasteiger partial charge in [-0.3, -0.25) is 4.57 Å². The Balaban J connectivity index is 1.66. The molecule has 4 heterocycles. The highest BCUT2D eigenvalue weighted by Crippen LogP contribution is 2.50. The van der Waals surface area contributed by atoms with Crippen molar-refractivity contribution in [2.24, 2.45) is 5.41 Å². The summed E-state index contributed by atoms with van der Waals surface area (Å²) in [6.07, 6.45) is -12.1. The number of alkyl halides is 6. The molecule has 9 nitrogen and oxygen atoms in total. The molecule has 2 saturated heterocycles. The summed E-state index contributed by atoms with van der Waals surface area (Å²) in [6, 6.07) is -0.770. The number of nitrogen functional groups attached to an aromatic ring is 1. The predicted molar refractivity (Wildman–Crippen MR) is 98.9 cm³/mol. The predicted octanol–water partition coefficient (Wildman–Crippen LogP) is 3.36. The Morgan fingerprint density at radius 1 is 1.09 bits per heavy atom. The van der Waals surface area contributed by atoms with Crippen LogP contribution in [0.15, 0.2) is 6.33 Å². The maximum Gasteiger partial charge on any atom is 0.406 e. The molecule has 0 bridgehead atoms. The summed E-state index contributed by atoms with van der Waals surface area (Å²) in [4.78, 5) is 11.7. The minimum absolute atomic E-state index is 0.00772. The zero-order valence-corrected chi connectivity index (χ0v) is 17.9. The van der Waals surface area contributed by atoms with E-state index in [4.69, 9.17) is 24.7 Å². The average molecular weight is 485 g/mol. The number of nitrogens with two attached hydrogens (primary N) is 1. The highest BCUT2D eigenvalue weighted by molar-refractivity contribution is 5.82. The normalized spacial score (nSPS) is 27.8. The quantitative estimate of drug-likeness (QED) is 0.658. The number of hydrogen-bond acceptors (Lipinski definition) is 8. The van der Waals surface area contributed by atoms with Gasteiger partial charge in [-0.25, -0.2) is 4.98 Å². The molecule has 2 fully saturated rings. The molecular weight excluding hydrogens is 464 g/mol. The molecule has 2 N–H and O–H groups in total. The number of ether oxygens (including phenoxy) is 4. The van der Waals surface area contributed by atoms with Crippen molar-refractivity contribution in [3.8, 4) is 6.01 Å². The molecule has 4 rings (SSSR count). The Morgan fingerprint density at radius 2 is 1.70 bits per heavy atom. The van der Waals surface area contributed by atoms with E-state index in [2.05, 4.69) is 15.0 Å². The third-order valence-corrected chi connectivity index (χ3v) is 5.70. The van der Waals surface area contributed by atoms with E-state index >= 15 is 0 Å². The van der Waals surface area contributed by atoms with E-state index < -0.39 is 54.6 Å². The molecule has 0 unspecified atom stereocenters. The summed E-state index contributed by atoms with van der Waals surface area (Å²) in [6.45, 7) is 3.42. The number of nitrogens with zero attached hydrogens (tertiary/aromatic N) is 4. The second kappa shape index (κ2) is 7.30. The maximum absolute atomic E-state index is 13.2. The molecule has 0 radical (unpaired) electrons. The van der Waals surface area contributed by atoms with Crippen molar-refractivity contribution in [2.45, 2.75) is 70.4 Å². The number of halogens is 6. The largest absolute Gasteiger partial charge is 0.462 e.